The fourth-order valence-electron chi connectivity index (χ4n) is 3.03. The zero-order valence-electron chi connectivity index (χ0n) is 13.8. The van der Waals surface area contributed by atoms with Gasteiger partial charge in [-0.1, -0.05) is 24.2 Å². The molecule has 0 amide bonds. The molecule has 3 heterocycles. The van der Waals surface area contributed by atoms with E-state index in [4.69, 9.17) is 4.84 Å². The van der Waals surface area contributed by atoms with E-state index >= 15 is 0 Å². The van der Waals surface area contributed by atoms with Gasteiger partial charge < -0.3 is 9.82 Å². The molecule has 1 atom stereocenters. The Morgan fingerprint density at radius 3 is 2.80 bits per heavy atom. The molecule has 1 aliphatic rings. The Morgan fingerprint density at radius 2 is 2.12 bits per heavy atom. The number of fused-ring (bicyclic) bond motifs is 1. The Bertz CT molecular complexity index is 1040. The molecule has 25 heavy (non-hydrogen) atoms. The van der Waals surface area contributed by atoms with Crippen LogP contribution in [0.15, 0.2) is 34.2 Å². The number of halogens is 1. The van der Waals surface area contributed by atoms with Crippen molar-refractivity contribution in [1.82, 2.24) is 9.97 Å². The fraction of sp³-hybridized carbons (Fsp3) is 0.278. The molecule has 0 spiro atoms. The van der Waals surface area contributed by atoms with Crippen molar-refractivity contribution in [1.29, 1.82) is 0 Å². The van der Waals surface area contributed by atoms with Crippen molar-refractivity contribution < 1.29 is 9.23 Å². The van der Waals surface area contributed by atoms with Crippen LogP contribution >= 0.6 is 11.3 Å². The number of aromatic nitrogens is 2. The number of aryl methyl sites for hydroxylation is 1. The van der Waals surface area contributed by atoms with Crippen molar-refractivity contribution in [2.24, 2.45) is 5.16 Å². The topological polar surface area (TPSA) is 67.3 Å². The predicted molar refractivity (Wildman–Crippen MR) is 96.5 cm³/mol. The summed E-state index contributed by atoms with van der Waals surface area (Å²) in [6.45, 7) is 3.95. The lowest BCUT2D eigenvalue weighted by molar-refractivity contribution is 0.0792. The summed E-state index contributed by atoms with van der Waals surface area (Å²) in [5.74, 6) is 0.192. The number of H-pyrrole nitrogens is 1. The summed E-state index contributed by atoms with van der Waals surface area (Å²) in [6, 6.07) is 6.14. The van der Waals surface area contributed by atoms with Gasteiger partial charge in [-0.2, -0.15) is 0 Å². The molecule has 1 aliphatic heterocycles. The molecule has 1 N–H and O–H groups in total. The molecule has 0 saturated carbocycles. The second-order valence-electron chi connectivity index (χ2n) is 5.98. The average Bonchev–Trinajstić information content (AvgIpc) is 3.20. The molecule has 0 bridgehead atoms. The van der Waals surface area contributed by atoms with Crippen LogP contribution in [0, 0.1) is 12.7 Å². The van der Waals surface area contributed by atoms with Crippen molar-refractivity contribution >= 4 is 27.3 Å². The van der Waals surface area contributed by atoms with Crippen molar-refractivity contribution in [3.8, 4) is 11.1 Å². The minimum absolute atomic E-state index is 0.211. The van der Waals surface area contributed by atoms with Crippen LogP contribution < -0.4 is 5.56 Å². The number of thiophene rings is 1. The van der Waals surface area contributed by atoms with Crippen LogP contribution in [-0.4, -0.2) is 15.7 Å². The van der Waals surface area contributed by atoms with Gasteiger partial charge in [0.1, 0.15) is 10.6 Å². The summed E-state index contributed by atoms with van der Waals surface area (Å²) in [7, 11) is 0. The van der Waals surface area contributed by atoms with Crippen LogP contribution in [0.4, 0.5) is 4.39 Å². The van der Waals surface area contributed by atoms with Crippen LogP contribution in [0.25, 0.3) is 21.3 Å². The molecular weight excluding hydrogens is 341 g/mol. The van der Waals surface area contributed by atoms with Gasteiger partial charge in [-0.05, 0) is 31.0 Å². The van der Waals surface area contributed by atoms with Crippen LogP contribution in [-0.2, 0) is 4.84 Å². The fourth-order valence-corrected chi connectivity index (χ4v) is 4.09. The van der Waals surface area contributed by atoms with Crippen molar-refractivity contribution in [3.05, 3.63) is 51.1 Å². The summed E-state index contributed by atoms with van der Waals surface area (Å²) in [5, 5.41) is 4.56. The third-order valence-electron chi connectivity index (χ3n) is 4.33. The summed E-state index contributed by atoms with van der Waals surface area (Å²) < 4.78 is 13.2. The molecule has 0 aliphatic carbocycles. The van der Waals surface area contributed by atoms with E-state index in [1.807, 2.05) is 13.8 Å². The quantitative estimate of drug-likeness (QED) is 0.759. The maximum atomic E-state index is 13.2. The van der Waals surface area contributed by atoms with Crippen LogP contribution in [0.3, 0.4) is 0 Å². The van der Waals surface area contributed by atoms with Gasteiger partial charge in [0.15, 0.2) is 11.9 Å². The first-order valence-corrected chi connectivity index (χ1v) is 8.89. The molecule has 128 valence electrons. The molecule has 0 unspecified atom stereocenters. The normalized spacial score (nSPS) is 16.9. The lowest BCUT2D eigenvalue weighted by atomic mass is 10.0. The Labute approximate surface area is 147 Å². The lowest BCUT2D eigenvalue weighted by Gasteiger charge is -2.07. The first-order valence-electron chi connectivity index (χ1n) is 8.07. The smallest absolute Gasteiger partial charge is 0.260 e. The molecule has 1 aromatic carbocycles. The van der Waals surface area contributed by atoms with Crippen LogP contribution in [0.1, 0.15) is 36.6 Å². The lowest BCUT2D eigenvalue weighted by Crippen LogP contribution is -2.14. The zero-order valence-corrected chi connectivity index (χ0v) is 14.6. The van der Waals surface area contributed by atoms with Gasteiger partial charge in [0.05, 0.1) is 11.1 Å². The zero-order chi connectivity index (χ0) is 17.6. The summed E-state index contributed by atoms with van der Waals surface area (Å²) in [4.78, 5) is 27.2. The Morgan fingerprint density at radius 1 is 1.36 bits per heavy atom. The van der Waals surface area contributed by atoms with E-state index in [1.54, 1.807) is 12.1 Å². The van der Waals surface area contributed by atoms with E-state index in [1.165, 1.54) is 23.5 Å². The SMILES string of the molecule is CCC1=NO[C@@H](c2nc3sc(C)c(-c4ccc(F)cc4)c3c(=O)[nH]2)C1. The predicted octanol–water partition coefficient (Wildman–Crippen LogP) is 4.33. The second-order valence-corrected chi connectivity index (χ2v) is 7.18. The van der Waals surface area contributed by atoms with Crippen LogP contribution in [0.5, 0.6) is 0 Å². The maximum Gasteiger partial charge on any atom is 0.260 e. The maximum absolute atomic E-state index is 13.2. The first-order chi connectivity index (χ1) is 12.1. The van der Waals surface area contributed by atoms with Gasteiger partial charge in [0.2, 0.25) is 0 Å². The highest BCUT2D eigenvalue weighted by Crippen LogP contribution is 2.36. The molecule has 2 aromatic heterocycles. The summed E-state index contributed by atoms with van der Waals surface area (Å²) in [5.41, 5.74) is 2.36. The van der Waals surface area contributed by atoms with E-state index in [2.05, 4.69) is 15.1 Å². The minimum Gasteiger partial charge on any atom is -0.384 e. The van der Waals surface area contributed by atoms with Crippen molar-refractivity contribution in [3.63, 3.8) is 0 Å². The van der Waals surface area contributed by atoms with E-state index in [0.29, 0.717) is 22.5 Å². The number of hydrogen-bond donors (Lipinski definition) is 1. The Balaban J connectivity index is 1.82. The highest BCUT2D eigenvalue weighted by atomic mass is 32.1. The van der Waals surface area contributed by atoms with Gasteiger partial charge in [-0.3, -0.25) is 4.79 Å². The van der Waals surface area contributed by atoms with Gasteiger partial charge in [-0.25, -0.2) is 9.37 Å². The first kappa shape index (κ1) is 16.0. The average molecular weight is 357 g/mol. The molecule has 0 saturated heterocycles. The monoisotopic (exact) mass is 357 g/mol. The highest BCUT2D eigenvalue weighted by Gasteiger charge is 2.26. The Hall–Kier alpha value is -2.54. The van der Waals surface area contributed by atoms with Crippen LogP contribution in [0.2, 0.25) is 0 Å². The largest absolute Gasteiger partial charge is 0.384 e. The number of rotatable bonds is 3. The standard InChI is InChI=1S/C18H16FN3O2S/c1-3-12-8-13(24-22-12)16-20-17(23)15-14(9(2)25-18(15)21-16)10-4-6-11(19)7-5-10/h4-7,13H,3,8H2,1-2H3,(H,20,21,23)/t13-/m1/s1. The van der Waals surface area contributed by atoms with Gasteiger partial charge in [0, 0.05) is 16.9 Å². The summed E-state index contributed by atoms with van der Waals surface area (Å²) >= 11 is 1.45. The number of benzene rings is 1. The number of hydrogen-bond acceptors (Lipinski definition) is 5. The van der Waals surface area contributed by atoms with Gasteiger partial charge in [0.25, 0.3) is 5.56 Å². The van der Waals surface area contributed by atoms with Crippen molar-refractivity contribution in [2.75, 3.05) is 0 Å². The van der Waals surface area contributed by atoms with Gasteiger partial charge >= 0.3 is 0 Å². The minimum atomic E-state index is -0.344. The molecule has 0 fully saturated rings. The third-order valence-corrected chi connectivity index (χ3v) is 5.33. The van der Waals surface area contributed by atoms with Gasteiger partial charge in [-0.15, -0.1) is 11.3 Å². The Kier molecular flexibility index (Phi) is 3.88. The molecular formula is C18H16FN3O2S. The van der Waals surface area contributed by atoms with Crippen molar-refractivity contribution in [2.45, 2.75) is 32.8 Å². The highest BCUT2D eigenvalue weighted by molar-refractivity contribution is 7.19. The van der Waals surface area contributed by atoms with E-state index < -0.39 is 0 Å². The second kappa shape index (κ2) is 6.07. The third kappa shape index (κ3) is 2.74. The molecule has 3 aromatic rings. The van der Waals surface area contributed by atoms with E-state index in [0.717, 1.165) is 28.1 Å². The molecule has 4 rings (SSSR count). The number of nitrogens with zero attached hydrogens (tertiary/aromatic N) is 2. The number of oxime groups is 1. The molecule has 7 heteroatoms. The number of aromatic amines is 1. The number of nitrogens with one attached hydrogen (secondary N) is 1. The molecule has 0 radical (unpaired) electrons. The summed E-state index contributed by atoms with van der Waals surface area (Å²) in [6.07, 6.45) is 1.11. The molecule has 5 nitrogen and oxygen atoms in total. The van der Waals surface area contributed by atoms with E-state index in [9.17, 15) is 9.18 Å². The van der Waals surface area contributed by atoms with E-state index in [-0.39, 0.29) is 17.5 Å².